The first-order valence-electron chi connectivity index (χ1n) is 10.7. The molecule has 0 saturated heterocycles. The molecule has 3 heterocycles. The standard InChI is InChI=1S/C24H25F3N6O/c1-14-17(15(2)32(30-14)16-9-7-6-8-10-16)13-28-22(34)18-11-21-29-19(23(3,4)5)12-20(24(25,26)27)33(21)31-18/h6-12H,13H2,1-5H3,(H,28,34). The Kier molecular flexibility index (Phi) is 5.71. The molecular weight excluding hydrogens is 445 g/mol. The first-order valence-corrected chi connectivity index (χ1v) is 10.7. The van der Waals surface area contributed by atoms with Crippen molar-refractivity contribution in [3.8, 4) is 5.69 Å². The SMILES string of the molecule is Cc1nn(-c2ccccc2)c(C)c1CNC(=O)c1cc2nc(C(C)(C)C)cc(C(F)(F)F)n2n1. The second-order valence-electron chi connectivity index (χ2n) is 9.15. The third-order valence-electron chi connectivity index (χ3n) is 5.59. The third kappa shape index (κ3) is 4.40. The van der Waals surface area contributed by atoms with Gasteiger partial charge in [0, 0.05) is 29.3 Å². The van der Waals surface area contributed by atoms with Gasteiger partial charge in [-0.25, -0.2) is 14.2 Å². The van der Waals surface area contributed by atoms with E-state index in [1.165, 1.54) is 6.07 Å². The number of para-hydroxylation sites is 1. The molecule has 4 aromatic rings. The number of aromatic nitrogens is 5. The minimum atomic E-state index is -4.65. The Morgan fingerprint density at radius 2 is 1.71 bits per heavy atom. The van der Waals surface area contributed by atoms with Crippen molar-refractivity contribution < 1.29 is 18.0 Å². The van der Waals surface area contributed by atoms with E-state index in [0.29, 0.717) is 4.52 Å². The maximum atomic E-state index is 13.7. The molecule has 1 aromatic carbocycles. The lowest BCUT2D eigenvalue weighted by atomic mass is 9.91. The van der Waals surface area contributed by atoms with Crippen LogP contribution < -0.4 is 5.32 Å². The first-order chi connectivity index (χ1) is 15.9. The molecule has 0 bridgehead atoms. The van der Waals surface area contributed by atoms with E-state index >= 15 is 0 Å². The fourth-order valence-corrected chi connectivity index (χ4v) is 3.68. The number of halogens is 3. The molecule has 0 radical (unpaired) electrons. The Morgan fingerprint density at radius 1 is 1.03 bits per heavy atom. The molecule has 3 aromatic heterocycles. The van der Waals surface area contributed by atoms with Crippen LogP contribution in [0, 0.1) is 13.8 Å². The van der Waals surface area contributed by atoms with Gasteiger partial charge in [0.05, 0.1) is 17.1 Å². The zero-order valence-electron chi connectivity index (χ0n) is 19.5. The summed E-state index contributed by atoms with van der Waals surface area (Å²) in [7, 11) is 0. The van der Waals surface area contributed by atoms with Gasteiger partial charge in [0.1, 0.15) is 5.69 Å². The van der Waals surface area contributed by atoms with Crippen molar-refractivity contribution in [2.24, 2.45) is 0 Å². The van der Waals surface area contributed by atoms with Crippen molar-refractivity contribution in [2.75, 3.05) is 0 Å². The number of carbonyl (C=O) groups is 1. The molecule has 0 aliphatic carbocycles. The number of rotatable bonds is 4. The van der Waals surface area contributed by atoms with Crippen LogP contribution in [0.2, 0.25) is 0 Å². The predicted molar refractivity (Wildman–Crippen MR) is 121 cm³/mol. The highest BCUT2D eigenvalue weighted by Gasteiger charge is 2.36. The van der Waals surface area contributed by atoms with Gasteiger partial charge in [-0.05, 0) is 32.0 Å². The monoisotopic (exact) mass is 470 g/mol. The highest BCUT2D eigenvalue weighted by Crippen LogP contribution is 2.32. The lowest BCUT2D eigenvalue weighted by Crippen LogP contribution is -2.24. The lowest BCUT2D eigenvalue weighted by Gasteiger charge is -2.19. The van der Waals surface area contributed by atoms with E-state index in [9.17, 15) is 18.0 Å². The van der Waals surface area contributed by atoms with Crippen molar-refractivity contribution in [3.63, 3.8) is 0 Å². The van der Waals surface area contributed by atoms with Crippen LogP contribution in [0.1, 0.15) is 59.6 Å². The summed E-state index contributed by atoms with van der Waals surface area (Å²) in [5, 5.41) is 11.2. The van der Waals surface area contributed by atoms with Crippen molar-refractivity contribution in [3.05, 3.63) is 76.5 Å². The number of fused-ring (bicyclic) bond motifs is 1. The quantitative estimate of drug-likeness (QED) is 0.466. The summed E-state index contributed by atoms with van der Waals surface area (Å²) in [5.74, 6) is -0.595. The van der Waals surface area contributed by atoms with E-state index in [1.54, 1.807) is 25.5 Å². The maximum Gasteiger partial charge on any atom is 0.433 e. The largest absolute Gasteiger partial charge is 0.433 e. The van der Waals surface area contributed by atoms with E-state index < -0.39 is 23.2 Å². The number of carbonyl (C=O) groups excluding carboxylic acids is 1. The number of amides is 1. The number of hydrogen-bond donors (Lipinski definition) is 1. The Labute approximate surface area is 194 Å². The average molecular weight is 470 g/mol. The Hall–Kier alpha value is -3.69. The number of benzene rings is 1. The van der Waals surface area contributed by atoms with E-state index in [-0.39, 0.29) is 23.6 Å². The zero-order valence-corrected chi connectivity index (χ0v) is 19.5. The summed E-state index contributed by atoms with van der Waals surface area (Å²) in [5.41, 5.74) is 1.82. The molecule has 0 atom stereocenters. The summed E-state index contributed by atoms with van der Waals surface area (Å²) in [6.07, 6.45) is -4.65. The minimum Gasteiger partial charge on any atom is -0.346 e. The molecule has 0 fully saturated rings. The van der Waals surface area contributed by atoms with Crippen LogP contribution in [0.3, 0.4) is 0 Å². The molecule has 0 aliphatic heterocycles. The highest BCUT2D eigenvalue weighted by molar-refractivity contribution is 5.93. The van der Waals surface area contributed by atoms with Crippen LogP contribution in [0.25, 0.3) is 11.3 Å². The van der Waals surface area contributed by atoms with Crippen LogP contribution in [0.15, 0.2) is 42.5 Å². The number of alkyl halides is 3. The van der Waals surface area contributed by atoms with Crippen LogP contribution in [-0.2, 0) is 18.1 Å². The molecule has 1 N–H and O–H groups in total. The predicted octanol–water partition coefficient (Wildman–Crippen LogP) is 4.78. The summed E-state index contributed by atoms with van der Waals surface area (Å²) in [6, 6.07) is 11.8. The van der Waals surface area contributed by atoms with Crippen molar-refractivity contribution >= 4 is 11.6 Å². The number of nitrogens with one attached hydrogen (secondary N) is 1. The highest BCUT2D eigenvalue weighted by atomic mass is 19.4. The van der Waals surface area contributed by atoms with Gasteiger partial charge >= 0.3 is 6.18 Å². The van der Waals surface area contributed by atoms with Gasteiger partial charge in [0.2, 0.25) is 0 Å². The average Bonchev–Trinajstić information content (AvgIpc) is 3.31. The van der Waals surface area contributed by atoms with Gasteiger partial charge < -0.3 is 5.32 Å². The van der Waals surface area contributed by atoms with Gasteiger partial charge in [-0.15, -0.1) is 0 Å². The molecule has 178 valence electrons. The Bertz CT molecular complexity index is 1360. The maximum absolute atomic E-state index is 13.7. The van der Waals surface area contributed by atoms with Crippen LogP contribution in [-0.4, -0.2) is 30.3 Å². The summed E-state index contributed by atoms with van der Waals surface area (Å²) in [6.45, 7) is 9.21. The fraction of sp³-hybridized carbons (Fsp3) is 0.333. The molecular formula is C24H25F3N6O. The molecule has 10 heteroatoms. The van der Waals surface area contributed by atoms with Gasteiger partial charge in [-0.2, -0.15) is 23.4 Å². The van der Waals surface area contributed by atoms with Crippen molar-refractivity contribution in [1.29, 1.82) is 0 Å². The number of hydrogen-bond acceptors (Lipinski definition) is 4. The minimum absolute atomic E-state index is 0.0332. The molecule has 34 heavy (non-hydrogen) atoms. The molecule has 0 unspecified atom stereocenters. The second-order valence-corrected chi connectivity index (χ2v) is 9.15. The zero-order chi connectivity index (χ0) is 24.8. The van der Waals surface area contributed by atoms with E-state index in [4.69, 9.17) is 0 Å². The summed E-state index contributed by atoms with van der Waals surface area (Å²) in [4.78, 5) is 17.1. The second kappa shape index (κ2) is 8.27. The van der Waals surface area contributed by atoms with E-state index in [1.807, 2.05) is 44.2 Å². The molecule has 1 amide bonds. The summed E-state index contributed by atoms with van der Waals surface area (Å²) >= 11 is 0. The van der Waals surface area contributed by atoms with Gasteiger partial charge in [-0.1, -0.05) is 39.0 Å². The van der Waals surface area contributed by atoms with Crippen molar-refractivity contribution in [2.45, 2.75) is 52.8 Å². The third-order valence-corrected chi connectivity index (χ3v) is 5.59. The van der Waals surface area contributed by atoms with Gasteiger partial charge in [-0.3, -0.25) is 4.79 Å². The number of aryl methyl sites for hydroxylation is 1. The Morgan fingerprint density at radius 3 is 2.32 bits per heavy atom. The molecule has 0 aliphatic rings. The molecule has 0 spiro atoms. The molecule has 7 nitrogen and oxygen atoms in total. The normalized spacial score (nSPS) is 12.4. The lowest BCUT2D eigenvalue weighted by molar-refractivity contribution is -0.142. The smallest absolute Gasteiger partial charge is 0.346 e. The molecule has 4 rings (SSSR count). The van der Waals surface area contributed by atoms with E-state index in [2.05, 4.69) is 20.5 Å². The molecule has 0 saturated carbocycles. The summed E-state index contributed by atoms with van der Waals surface area (Å²) < 4.78 is 43.6. The Balaban J connectivity index is 1.63. The topological polar surface area (TPSA) is 77.1 Å². The fourth-order valence-electron chi connectivity index (χ4n) is 3.68. The van der Waals surface area contributed by atoms with Gasteiger partial charge in [0.15, 0.2) is 11.3 Å². The number of nitrogens with zero attached hydrogens (tertiary/aromatic N) is 5. The van der Waals surface area contributed by atoms with Crippen LogP contribution in [0.4, 0.5) is 13.2 Å². The van der Waals surface area contributed by atoms with Crippen molar-refractivity contribution in [1.82, 2.24) is 29.7 Å². The van der Waals surface area contributed by atoms with Crippen LogP contribution in [0.5, 0.6) is 0 Å². The van der Waals surface area contributed by atoms with E-state index in [0.717, 1.165) is 28.7 Å². The van der Waals surface area contributed by atoms with Crippen LogP contribution >= 0.6 is 0 Å². The van der Waals surface area contributed by atoms with Gasteiger partial charge in [0.25, 0.3) is 5.91 Å². The first kappa shape index (κ1) is 23.5.